The number of halogens is 6. The van der Waals surface area contributed by atoms with Crippen LogP contribution in [0.15, 0.2) is 15.3 Å². The van der Waals surface area contributed by atoms with Crippen LogP contribution in [0.3, 0.4) is 0 Å². The highest BCUT2D eigenvalue weighted by atomic mass is 127. The fourth-order valence-electron chi connectivity index (χ4n) is 0.647. The van der Waals surface area contributed by atoms with Crippen LogP contribution in [-0.2, 0) is 0 Å². The Morgan fingerprint density at radius 2 is 1.93 bits per heavy atom. The third-order valence-electron chi connectivity index (χ3n) is 1.08. The van der Waals surface area contributed by atoms with Crippen LogP contribution >= 0.6 is 54.5 Å². The molecule has 14 heavy (non-hydrogen) atoms. The molecule has 78 valence electrons. The standard InChI is InChI=1S/C6HBr2F3INO/c7-3-1-2(14-6(9,10)11)4(12)5(8)13-3/h1H. The summed E-state index contributed by atoms with van der Waals surface area (Å²) in [5.74, 6) is -0.285. The largest absolute Gasteiger partial charge is 0.573 e. The van der Waals surface area contributed by atoms with Crippen LogP contribution in [0.5, 0.6) is 5.75 Å². The zero-order valence-electron chi connectivity index (χ0n) is 6.20. The lowest BCUT2D eigenvalue weighted by atomic mass is 10.5. The van der Waals surface area contributed by atoms with Gasteiger partial charge in [0.25, 0.3) is 0 Å². The zero-order chi connectivity index (χ0) is 10.9. The van der Waals surface area contributed by atoms with Crippen molar-refractivity contribution in [1.82, 2.24) is 4.98 Å². The van der Waals surface area contributed by atoms with Gasteiger partial charge in [-0.25, -0.2) is 4.98 Å². The van der Waals surface area contributed by atoms with Gasteiger partial charge in [-0.1, -0.05) is 0 Å². The third-order valence-corrected chi connectivity index (χ3v) is 3.84. The summed E-state index contributed by atoms with van der Waals surface area (Å²) in [5.41, 5.74) is 0. The molecule has 0 aliphatic carbocycles. The predicted octanol–water partition coefficient (Wildman–Crippen LogP) is 4.11. The van der Waals surface area contributed by atoms with Gasteiger partial charge in [0.15, 0.2) is 0 Å². The molecule has 0 radical (unpaired) electrons. The molecule has 1 aromatic heterocycles. The summed E-state index contributed by atoms with van der Waals surface area (Å²) in [4.78, 5) is 3.84. The minimum atomic E-state index is -4.69. The molecule has 0 atom stereocenters. The van der Waals surface area contributed by atoms with Crippen molar-refractivity contribution in [2.24, 2.45) is 0 Å². The maximum absolute atomic E-state index is 11.9. The van der Waals surface area contributed by atoms with Gasteiger partial charge in [0.1, 0.15) is 15.0 Å². The van der Waals surface area contributed by atoms with Gasteiger partial charge < -0.3 is 4.74 Å². The first-order chi connectivity index (χ1) is 6.29. The first-order valence-corrected chi connectivity index (χ1v) is 5.73. The molecule has 0 bridgehead atoms. The smallest absolute Gasteiger partial charge is 0.404 e. The second-order valence-electron chi connectivity index (χ2n) is 2.10. The third kappa shape index (κ3) is 3.54. The summed E-state index contributed by atoms with van der Waals surface area (Å²) in [6.45, 7) is 0. The number of nitrogens with zero attached hydrogens (tertiary/aromatic N) is 1. The average molecular weight is 447 g/mol. The Morgan fingerprint density at radius 3 is 2.43 bits per heavy atom. The van der Waals surface area contributed by atoms with Crippen molar-refractivity contribution in [2.75, 3.05) is 0 Å². The van der Waals surface area contributed by atoms with Crippen LogP contribution < -0.4 is 4.74 Å². The van der Waals surface area contributed by atoms with Crippen LogP contribution in [0, 0.1) is 3.57 Å². The van der Waals surface area contributed by atoms with Crippen molar-refractivity contribution in [3.8, 4) is 5.75 Å². The highest BCUT2D eigenvalue weighted by Crippen LogP contribution is 2.33. The van der Waals surface area contributed by atoms with Crippen molar-refractivity contribution in [1.29, 1.82) is 0 Å². The molecule has 0 amide bonds. The summed E-state index contributed by atoms with van der Waals surface area (Å²) in [5, 5.41) is 0. The van der Waals surface area contributed by atoms with Crippen molar-refractivity contribution in [3.05, 3.63) is 18.8 Å². The molecule has 0 fully saturated rings. The van der Waals surface area contributed by atoms with Gasteiger partial charge in [0.2, 0.25) is 0 Å². The van der Waals surface area contributed by atoms with E-state index in [1.807, 2.05) is 0 Å². The van der Waals surface area contributed by atoms with E-state index in [9.17, 15) is 13.2 Å². The Kier molecular flexibility index (Phi) is 4.03. The second-order valence-corrected chi connectivity index (χ2v) is 4.74. The molecule has 0 unspecified atom stereocenters. The Balaban J connectivity index is 3.09. The normalized spacial score (nSPS) is 11.6. The van der Waals surface area contributed by atoms with Crippen molar-refractivity contribution >= 4 is 54.5 Å². The highest BCUT2D eigenvalue weighted by Gasteiger charge is 2.32. The summed E-state index contributed by atoms with van der Waals surface area (Å²) in [6, 6.07) is 1.15. The lowest BCUT2D eigenvalue weighted by Crippen LogP contribution is -2.18. The van der Waals surface area contributed by atoms with Crippen LogP contribution in [-0.4, -0.2) is 11.3 Å². The molecule has 0 saturated carbocycles. The van der Waals surface area contributed by atoms with Crippen LogP contribution in [0.25, 0.3) is 0 Å². The minimum absolute atomic E-state index is 0.267. The number of pyridine rings is 1. The van der Waals surface area contributed by atoms with Crippen molar-refractivity contribution < 1.29 is 17.9 Å². The first kappa shape index (κ1) is 12.5. The van der Waals surface area contributed by atoms with Gasteiger partial charge in [-0.3, -0.25) is 0 Å². The predicted molar refractivity (Wildman–Crippen MR) is 59.0 cm³/mol. The van der Waals surface area contributed by atoms with Gasteiger partial charge in [-0.15, -0.1) is 13.2 Å². The maximum Gasteiger partial charge on any atom is 0.573 e. The monoisotopic (exact) mass is 445 g/mol. The van der Waals surface area contributed by atoms with E-state index in [0.717, 1.165) is 6.07 Å². The first-order valence-electron chi connectivity index (χ1n) is 3.07. The summed E-state index contributed by atoms with van der Waals surface area (Å²) in [6.07, 6.45) is -4.69. The van der Waals surface area contributed by atoms with Gasteiger partial charge >= 0.3 is 6.36 Å². The molecular weight excluding hydrogens is 446 g/mol. The number of aromatic nitrogens is 1. The second kappa shape index (κ2) is 4.52. The van der Waals surface area contributed by atoms with E-state index in [1.165, 1.54) is 0 Å². The molecule has 0 aliphatic heterocycles. The van der Waals surface area contributed by atoms with E-state index in [4.69, 9.17) is 0 Å². The lowest BCUT2D eigenvalue weighted by molar-refractivity contribution is -0.275. The molecular formula is C6HBr2F3INO. The topological polar surface area (TPSA) is 22.1 Å². The van der Waals surface area contributed by atoms with Gasteiger partial charge in [-0.05, 0) is 54.5 Å². The van der Waals surface area contributed by atoms with E-state index in [1.54, 1.807) is 22.6 Å². The van der Waals surface area contributed by atoms with Gasteiger partial charge in [0.05, 0.1) is 3.57 Å². The fraction of sp³-hybridized carbons (Fsp3) is 0.167. The van der Waals surface area contributed by atoms with E-state index < -0.39 is 6.36 Å². The van der Waals surface area contributed by atoms with E-state index in [0.29, 0.717) is 4.60 Å². The van der Waals surface area contributed by atoms with E-state index >= 15 is 0 Å². The molecule has 1 heterocycles. The number of rotatable bonds is 1. The lowest BCUT2D eigenvalue weighted by Gasteiger charge is -2.11. The molecule has 8 heteroatoms. The zero-order valence-corrected chi connectivity index (χ0v) is 11.5. The Morgan fingerprint density at radius 1 is 1.36 bits per heavy atom. The molecule has 0 N–H and O–H groups in total. The summed E-state index contributed by atoms with van der Waals surface area (Å²) in [7, 11) is 0. The molecule has 2 nitrogen and oxygen atoms in total. The Labute approximate surface area is 108 Å². The summed E-state index contributed by atoms with van der Waals surface area (Å²) < 4.78 is 40.3. The van der Waals surface area contributed by atoms with Gasteiger partial charge in [0, 0.05) is 6.07 Å². The number of hydrogen-bond donors (Lipinski definition) is 0. The molecule has 0 spiro atoms. The quantitative estimate of drug-likeness (QED) is 0.478. The SMILES string of the molecule is FC(F)(F)Oc1cc(Br)nc(Br)c1I. The molecule has 1 rings (SSSR count). The van der Waals surface area contributed by atoms with Crippen LogP contribution in [0.4, 0.5) is 13.2 Å². The number of ether oxygens (including phenoxy) is 1. The minimum Gasteiger partial charge on any atom is -0.404 e. The maximum atomic E-state index is 11.9. The van der Waals surface area contributed by atoms with Gasteiger partial charge in [-0.2, -0.15) is 0 Å². The Bertz CT molecular complexity index is 358. The number of hydrogen-bond acceptors (Lipinski definition) is 2. The molecule has 1 aromatic rings. The molecule has 0 saturated heterocycles. The van der Waals surface area contributed by atoms with Crippen molar-refractivity contribution in [2.45, 2.75) is 6.36 Å². The van der Waals surface area contributed by atoms with Crippen LogP contribution in [0.1, 0.15) is 0 Å². The number of alkyl halides is 3. The van der Waals surface area contributed by atoms with E-state index in [-0.39, 0.29) is 13.9 Å². The van der Waals surface area contributed by atoms with Crippen molar-refractivity contribution in [3.63, 3.8) is 0 Å². The highest BCUT2D eigenvalue weighted by molar-refractivity contribution is 14.1. The molecule has 0 aromatic carbocycles. The van der Waals surface area contributed by atoms with Crippen LogP contribution in [0.2, 0.25) is 0 Å². The summed E-state index contributed by atoms with van der Waals surface area (Å²) >= 11 is 7.68. The Hall–Kier alpha value is 0.430. The molecule has 0 aliphatic rings. The fourth-order valence-corrected chi connectivity index (χ4v) is 2.04. The van der Waals surface area contributed by atoms with E-state index in [2.05, 4.69) is 41.6 Å². The average Bonchev–Trinajstić information content (AvgIpc) is 1.96.